The van der Waals surface area contributed by atoms with Crippen LogP contribution in [0.4, 0.5) is 5.69 Å². The molecule has 1 aromatic rings. The average Bonchev–Trinajstić information content (AvgIpc) is 3.76. The molecular weight excluding hydrogens is 520 g/mol. The highest BCUT2D eigenvalue weighted by molar-refractivity contribution is 5.92. The van der Waals surface area contributed by atoms with Crippen molar-refractivity contribution in [3.05, 3.63) is 29.8 Å². The van der Waals surface area contributed by atoms with E-state index in [1.807, 2.05) is 31.2 Å². The maximum absolute atomic E-state index is 13.2. The maximum Gasteiger partial charge on any atom is 0.245 e. The number of rotatable bonds is 13. The minimum atomic E-state index is -0.709. The molecule has 0 aromatic heterocycles. The Hall–Kier alpha value is -3.16. The predicted molar refractivity (Wildman–Crippen MR) is 157 cm³/mol. The molecule has 3 aliphatic heterocycles. The second-order valence-electron chi connectivity index (χ2n) is 11.5. The molecule has 0 bridgehead atoms. The Labute approximate surface area is 244 Å². The Morgan fingerprint density at radius 1 is 0.976 bits per heavy atom. The highest BCUT2D eigenvalue weighted by Crippen LogP contribution is 2.27. The van der Waals surface area contributed by atoms with Crippen LogP contribution < -0.4 is 15.5 Å². The van der Waals surface area contributed by atoms with Crippen molar-refractivity contribution in [2.75, 3.05) is 50.8 Å². The number of benzene rings is 1. The van der Waals surface area contributed by atoms with Crippen LogP contribution in [-0.4, -0.2) is 91.6 Å². The first-order chi connectivity index (χ1) is 19.9. The van der Waals surface area contributed by atoms with Crippen molar-refractivity contribution < 1.29 is 19.1 Å². The number of hydrogen-bond acceptors (Lipinski definition) is 7. The van der Waals surface area contributed by atoms with Gasteiger partial charge < -0.3 is 30.1 Å². The number of carbonyl (C=O) groups is 3. The summed E-state index contributed by atoms with van der Waals surface area (Å²) < 4.78 is 5.62. The molecule has 1 aromatic carbocycles. The van der Waals surface area contributed by atoms with Crippen molar-refractivity contribution in [2.24, 2.45) is 0 Å². The van der Waals surface area contributed by atoms with Gasteiger partial charge in [0.2, 0.25) is 17.7 Å². The van der Waals surface area contributed by atoms with E-state index in [4.69, 9.17) is 4.74 Å². The number of anilines is 1. The zero-order valence-corrected chi connectivity index (χ0v) is 24.6. The molecule has 41 heavy (non-hydrogen) atoms. The third-order valence-corrected chi connectivity index (χ3v) is 8.51. The minimum absolute atomic E-state index is 0.0844. The largest absolute Gasteiger partial charge is 0.381 e. The van der Waals surface area contributed by atoms with Gasteiger partial charge in [-0.1, -0.05) is 12.1 Å². The molecule has 4 unspecified atom stereocenters. The molecule has 3 aliphatic rings. The van der Waals surface area contributed by atoms with Gasteiger partial charge in [0.25, 0.3) is 0 Å². The van der Waals surface area contributed by atoms with Crippen molar-refractivity contribution in [1.82, 2.24) is 20.4 Å². The van der Waals surface area contributed by atoms with Crippen molar-refractivity contribution in [2.45, 2.75) is 89.4 Å². The van der Waals surface area contributed by atoms with E-state index in [0.29, 0.717) is 26.2 Å². The number of nitriles is 1. The molecule has 2 N–H and O–H groups in total. The molecule has 10 heteroatoms. The molecule has 0 aliphatic carbocycles. The van der Waals surface area contributed by atoms with Crippen molar-refractivity contribution in [3.63, 3.8) is 0 Å². The molecule has 0 saturated carbocycles. The van der Waals surface area contributed by atoms with E-state index in [1.165, 1.54) is 25.9 Å². The summed E-state index contributed by atoms with van der Waals surface area (Å²) in [7, 11) is 0. The first-order valence-electron chi connectivity index (χ1n) is 15.3. The summed E-state index contributed by atoms with van der Waals surface area (Å²) in [5.74, 6) is -0.646. The van der Waals surface area contributed by atoms with Crippen molar-refractivity contribution in [3.8, 4) is 6.07 Å². The van der Waals surface area contributed by atoms with Gasteiger partial charge in [0, 0.05) is 38.3 Å². The van der Waals surface area contributed by atoms with Gasteiger partial charge in [-0.15, -0.1) is 0 Å². The van der Waals surface area contributed by atoms with Crippen molar-refractivity contribution >= 4 is 23.4 Å². The number of amides is 3. The molecule has 3 fully saturated rings. The van der Waals surface area contributed by atoms with E-state index in [0.717, 1.165) is 50.0 Å². The van der Waals surface area contributed by atoms with Gasteiger partial charge in [0.1, 0.15) is 18.1 Å². The van der Waals surface area contributed by atoms with Gasteiger partial charge in [0.15, 0.2) is 0 Å². The van der Waals surface area contributed by atoms with Gasteiger partial charge in [0.05, 0.1) is 18.7 Å². The molecule has 3 amide bonds. The lowest BCUT2D eigenvalue weighted by Gasteiger charge is -2.28. The fraction of sp³-hybridized carbons (Fsp3) is 0.677. The number of carbonyl (C=O) groups excluding carboxylic acids is 3. The molecular formula is C31H46N6O4. The average molecular weight is 567 g/mol. The normalized spacial score (nSPS) is 22.4. The number of hydrogen-bond donors (Lipinski definition) is 2. The standard InChI is InChI=1S/C31H46N6O4/c1-23(25-10-12-26(13-11-25)36-18-5-8-27(36)22-32)34-30(39)28-9-6-19-37(28)31(40)24(2)33-29(38)14-21-41-20-7-17-35-15-3-4-16-35/h10-13,23-24,27-28H,3-9,14-21H2,1-2H3,(H,33,38)(H,34,39). The topological polar surface area (TPSA) is 118 Å². The summed E-state index contributed by atoms with van der Waals surface area (Å²) in [6.45, 7) is 9.32. The van der Waals surface area contributed by atoms with E-state index < -0.39 is 12.1 Å². The fourth-order valence-electron chi connectivity index (χ4n) is 6.15. The molecule has 3 heterocycles. The minimum Gasteiger partial charge on any atom is -0.381 e. The van der Waals surface area contributed by atoms with Crippen LogP contribution in [0.2, 0.25) is 0 Å². The van der Waals surface area contributed by atoms with Crippen LogP contribution in [0.15, 0.2) is 24.3 Å². The Kier molecular flexibility index (Phi) is 11.4. The highest BCUT2D eigenvalue weighted by Gasteiger charge is 2.36. The predicted octanol–water partition coefficient (Wildman–Crippen LogP) is 2.74. The highest BCUT2D eigenvalue weighted by atomic mass is 16.5. The van der Waals surface area contributed by atoms with Crippen LogP contribution in [0.5, 0.6) is 0 Å². The zero-order valence-electron chi connectivity index (χ0n) is 24.6. The van der Waals surface area contributed by atoms with E-state index in [9.17, 15) is 19.6 Å². The second-order valence-corrected chi connectivity index (χ2v) is 11.5. The summed E-state index contributed by atoms with van der Waals surface area (Å²) >= 11 is 0. The Balaban J connectivity index is 1.19. The summed E-state index contributed by atoms with van der Waals surface area (Å²) in [4.78, 5) is 44.9. The Morgan fingerprint density at radius 3 is 2.44 bits per heavy atom. The number of nitrogens with zero attached hydrogens (tertiary/aromatic N) is 4. The number of nitrogens with one attached hydrogen (secondary N) is 2. The first kappa shape index (κ1) is 30.8. The SMILES string of the molecule is CC(NC(=O)CCOCCCN1CCCC1)C(=O)N1CCCC1C(=O)NC(C)c1ccc(N2CCCC2C#N)cc1. The van der Waals surface area contributed by atoms with Crippen LogP contribution in [0.25, 0.3) is 0 Å². The third-order valence-electron chi connectivity index (χ3n) is 8.51. The van der Waals surface area contributed by atoms with E-state index in [2.05, 4.69) is 26.5 Å². The lowest BCUT2D eigenvalue weighted by atomic mass is 10.1. The summed E-state index contributed by atoms with van der Waals surface area (Å²) in [6, 6.07) is 8.77. The van der Waals surface area contributed by atoms with Crippen LogP contribution in [0.1, 0.15) is 76.8 Å². The van der Waals surface area contributed by atoms with Gasteiger partial charge in [-0.05, 0) is 89.6 Å². The molecule has 10 nitrogen and oxygen atoms in total. The molecule has 4 rings (SSSR count). The van der Waals surface area contributed by atoms with E-state index in [-0.39, 0.29) is 36.2 Å². The maximum atomic E-state index is 13.2. The lowest BCUT2D eigenvalue weighted by Crippen LogP contribution is -2.52. The van der Waals surface area contributed by atoms with Gasteiger partial charge in [-0.25, -0.2) is 0 Å². The van der Waals surface area contributed by atoms with Crippen LogP contribution in [0.3, 0.4) is 0 Å². The number of likely N-dealkylation sites (tertiary alicyclic amines) is 2. The number of ether oxygens (including phenoxy) is 1. The van der Waals surface area contributed by atoms with Gasteiger partial charge >= 0.3 is 0 Å². The fourth-order valence-corrected chi connectivity index (χ4v) is 6.15. The molecule has 224 valence electrons. The summed E-state index contributed by atoms with van der Waals surface area (Å²) in [5.41, 5.74) is 1.98. The smallest absolute Gasteiger partial charge is 0.245 e. The van der Waals surface area contributed by atoms with Gasteiger partial charge in [-0.3, -0.25) is 14.4 Å². The molecule has 4 atom stereocenters. The summed E-state index contributed by atoms with van der Waals surface area (Å²) in [5, 5.41) is 15.2. The van der Waals surface area contributed by atoms with Crippen LogP contribution >= 0.6 is 0 Å². The van der Waals surface area contributed by atoms with Crippen molar-refractivity contribution in [1.29, 1.82) is 5.26 Å². The van der Waals surface area contributed by atoms with Crippen LogP contribution in [-0.2, 0) is 19.1 Å². The lowest BCUT2D eigenvalue weighted by molar-refractivity contribution is -0.141. The monoisotopic (exact) mass is 566 g/mol. The third kappa shape index (κ3) is 8.43. The molecule has 0 radical (unpaired) electrons. The van der Waals surface area contributed by atoms with E-state index in [1.54, 1.807) is 11.8 Å². The Bertz CT molecular complexity index is 1070. The quantitative estimate of drug-likeness (QED) is 0.353. The Morgan fingerprint density at radius 2 is 1.71 bits per heavy atom. The van der Waals surface area contributed by atoms with E-state index >= 15 is 0 Å². The van der Waals surface area contributed by atoms with Crippen LogP contribution in [0, 0.1) is 11.3 Å². The first-order valence-corrected chi connectivity index (χ1v) is 15.3. The van der Waals surface area contributed by atoms with Gasteiger partial charge in [-0.2, -0.15) is 5.26 Å². The molecule has 3 saturated heterocycles. The molecule has 0 spiro atoms. The summed E-state index contributed by atoms with van der Waals surface area (Å²) in [6.07, 6.45) is 6.96. The zero-order chi connectivity index (χ0) is 29.2. The second kappa shape index (κ2) is 15.2.